The molecule has 0 spiro atoms. The lowest BCUT2D eigenvalue weighted by Gasteiger charge is -2.48. The number of pyridine rings is 2. The number of rotatable bonds is 15. The van der Waals surface area contributed by atoms with E-state index in [4.69, 9.17) is 28.4 Å². The molecule has 3 aromatic heterocycles. The third-order valence-electron chi connectivity index (χ3n) is 14.6. The van der Waals surface area contributed by atoms with E-state index < -0.39 is 89.7 Å². The average Bonchev–Trinajstić information content (AvgIpc) is 3.84. The largest absolute Gasteiger partial charge is 0.461 e. The molecule has 1 amide bonds. The van der Waals surface area contributed by atoms with Crippen molar-refractivity contribution in [3.05, 3.63) is 73.3 Å². The molecule has 6 heterocycles. The number of Topliss-reactive ketones (excluding diaryl/α,β-unsaturated/α-hetero) is 1. The fourth-order valence-corrected chi connectivity index (χ4v) is 11.0. The topological polar surface area (TPSA) is 181 Å². The normalized spacial score (nSPS) is 34.3. The molecule has 67 heavy (non-hydrogen) atoms. The highest BCUT2D eigenvalue weighted by Crippen LogP contribution is 2.44. The number of cyclic esters (lactones) is 1. The maximum atomic E-state index is 15.1. The second-order valence-corrected chi connectivity index (χ2v) is 19.5. The highest BCUT2D eigenvalue weighted by atomic mass is 16.7. The average molecular weight is 932 g/mol. The molecule has 3 aliphatic rings. The van der Waals surface area contributed by atoms with Gasteiger partial charge in [0.2, 0.25) is 0 Å². The van der Waals surface area contributed by atoms with Crippen molar-refractivity contribution in [3.8, 4) is 0 Å². The summed E-state index contributed by atoms with van der Waals surface area (Å²) in [6, 6.07) is 8.24. The first-order chi connectivity index (χ1) is 31.9. The quantitative estimate of drug-likeness (QED) is 0.0749. The van der Waals surface area contributed by atoms with Crippen LogP contribution in [0.1, 0.15) is 93.1 Å². The summed E-state index contributed by atoms with van der Waals surface area (Å²) in [4.78, 5) is 70.2. The molecule has 3 aliphatic heterocycles. The van der Waals surface area contributed by atoms with E-state index in [1.807, 2.05) is 71.0 Å². The van der Waals surface area contributed by atoms with E-state index in [0.29, 0.717) is 44.5 Å². The number of aliphatic hydroxyl groups is 1. The second kappa shape index (κ2) is 22.1. The van der Waals surface area contributed by atoms with Crippen molar-refractivity contribution in [2.75, 3.05) is 27.2 Å². The number of carbonyl (C=O) groups is 4. The third kappa shape index (κ3) is 11.3. The number of amides is 1. The number of hydrogen-bond acceptors (Lipinski definition) is 14. The summed E-state index contributed by atoms with van der Waals surface area (Å²) in [5, 5.41) is 13.0. The number of ketones is 1. The summed E-state index contributed by atoms with van der Waals surface area (Å²) in [5.41, 5.74) is -1.25. The monoisotopic (exact) mass is 932 g/mol. The van der Waals surface area contributed by atoms with Crippen LogP contribution in [0.5, 0.6) is 0 Å². The Bertz CT molecular complexity index is 2170. The zero-order chi connectivity index (χ0) is 48.8. The van der Waals surface area contributed by atoms with Gasteiger partial charge in [-0.15, -0.1) is 6.58 Å². The SMILES string of the molecule is C=CCN(C)[C@@H]1C[C@H](C)O[C@H](O[C@@H]2[C@@H](C)[C@H](OC(=O)Cc3cccnc3)[C@@H](C)C(=O)O[C@H](CC)[C@@]3(C)OC(=O)N(CCCCn4ccc5cccnc54)[C@@H]3[C@@H](C)C(=O)[C@H](C)C[C@@]2(C)OC)[C@H]1O. The molecule has 6 rings (SSSR count). The predicted molar refractivity (Wildman–Crippen MR) is 250 cm³/mol. The molecule has 3 fully saturated rings. The summed E-state index contributed by atoms with van der Waals surface area (Å²) >= 11 is 0. The van der Waals surface area contributed by atoms with Crippen LogP contribution < -0.4 is 0 Å². The van der Waals surface area contributed by atoms with Gasteiger partial charge in [0.05, 0.1) is 36.2 Å². The molecule has 0 aromatic carbocycles. The number of aryl methyl sites for hydroxylation is 1. The van der Waals surface area contributed by atoms with E-state index in [2.05, 4.69) is 21.1 Å². The Labute approximate surface area is 395 Å². The fourth-order valence-electron chi connectivity index (χ4n) is 11.0. The Balaban J connectivity index is 1.37. The molecule has 368 valence electrons. The summed E-state index contributed by atoms with van der Waals surface area (Å²) in [6.07, 6.45) is 4.37. The lowest BCUT2D eigenvalue weighted by molar-refractivity contribution is -0.302. The van der Waals surface area contributed by atoms with Crippen molar-refractivity contribution in [2.24, 2.45) is 23.7 Å². The minimum atomic E-state index is -1.44. The zero-order valence-corrected chi connectivity index (χ0v) is 41.0. The van der Waals surface area contributed by atoms with Gasteiger partial charge in [-0.05, 0) is 96.7 Å². The van der Waals surface area contributed by atoms with Crippen LogP contribution in [-0.4, -0.2) is 141 Å². The number of hydrogen-bond donors (Lipinski definition) is 1. The summed E-state index contributed by atoms with van der Waals surface area (Å²) in [5.74, 6) is -4.84. The molecule has 3 saturated heterocycles. The first kappa shape index (κ1) is 51.6. The Morgan fingerprint density at radius 3 is 2.46 bits per heavy atom. The predicted octanol–water partition coefficient (Wildman–Crippen LogP) is 6.56. The smallest absolute Gasteiger partial charge is 0.410 e. The molecular formula is C51H73N5O11. The van der Waals surface area contributed by atoms with Gasteiger partial charge in [0.15, 0.2) is 11.9 Å². The Kier molecular flexibility index (Phi) is 17.1. The summed E-state index contributed by atoms with van der Waals surface area (Å²) in [7, 11) is 3.42. The van der Waals surface area contributed by atoms with E-state index in [1.54, 1.807) is 62.5 Å². The van der Waals surface area contributed by atoms with E-state index >= 15 is 4.79 Å². The number of unbranched alkanes of at least 4 members (excludes halogenated alkanes) is 1. The van der Waals surface area contributed by atoms with Gasteiger partial charge < -0.3 is 43.0 Å². The van der Waals surface area contributed by atoms with Crippen molar-refractivity contribution in [1.82, 2.24) is 24.3 Å². The van der Waals surface area contributed by atoms with Crippen LogP contribution in [0.2, 0.25) is 0 Å². The molecule has 0 bridgehead atoms. The molecule has 0 unspecified atom stereocenters. The number of likely N-dealkylation sites (N-methyl/N-ethyl adjacent to an activating group) is 1. The van der Waals surface area contributed by atoms with E-state index in [-0.39, 0.29) is 37.2 Å². The number of nitrogens with zero attached hydrogens (tertiary/aromatic N) is 5. The van der Waals surface area contributed by atoms with Gasteiger partial charge >= 0.3 is 18.0 Å². The van der Waals surface area contributed by atoms with Gasteiger partial charge in [0.1, 0.15) is 29.7 Å². The van der Waals surface area contributed by atoms with Crippen LogP contribution in [0, 0.1) is 23.7 Å². The van der Waals surface area contributed by atoms with Crippen LogP contribution in [0.15, 0.2) is 67.8 Å². The maximum absolute atomic E-state index is 15.1. The van der Waals surface area contributed by atoms with Gasteiger partial charge in [-0.3, -0.25) is 24.3 Å². The minimum Gasteiger partial charge on any atom is -0.461 e. The highest BCUT2D eigenvalue weighted by molar-refractivity contribution is 5.85. The summed E-state index contributed by atoms with van der Waals surface area (Å²) < 4.78 is 40.8. The van der Waals surface area contributed by atoms with Gasteiger partial charge in [-0.1, -0.05) is 39.8 Å². The van der Waals surface area contributed by atoms with Crippen LogP contribution in [0.25, 0.3) is 11.0 Å². The fraction of sp³-hybridized carbons (Fsp3) is 0.647. The van der Waals surface area contributed by atoms with Crippen molar-refractivity contribution in [1.29, 1.82) is 0 Å². The van der Waals surface area contributed by atoms with Crippen LogP contribution in [-0.2, 0) is 55.8 Å². The van der Waals surface area contributed by atoms with Gasteiger partial charge in [-0.2, -0.15) is 0 Å². The molecule has 0 saturated carbocycles. The Hall–Kier alpha value is -4.74. The van der Waals surface area contributed by atoms with Gasteiger partial charge in [0, 0.05) is 80.7 Å². The molecule has 16 heteroatoms. The summed E-state index contributed by atoms with van der Waals surface area (Å²) in [6.45, 7) is 19.7. The number of aliphatic hydroxyl groups excluding tert-OH is 1. The number of ether oxygens (including phenoxy) is 6. The minimum absolute atomic E-state index is 0.114. The van der Waals surface area contributed by atoms with Crippen LogP contribution in [0.4, 0.5) is 4.79 Å². The molecular weight excluding hydrogens is 859 g/mol. The van der Waals surface area contributed by atoms with Gasteiger partial charge in [-0.25, -0.2) is 9.78 Å². The van der Waals surface area contributed by atoms with Crippen LogP contribution >= 0.6 is 0 Å². The molecule has 16 nitrogen and oxygen atoms in total. The zero-order valence-electron chi connectivity index (χ0n) is 41.0. The number of methoxy groups -OCH3 is 1. The molecule has 0 aliphatic carbocycles. The Morgan fingerprint density at radius 1 is 1.04 bits per heavy atom. The van der Waals surface area contributed by atoms with Crippen molar-refractivity contribution in [3.63, 3.8) is 0 Å². The number of fused-ring (bicyclic) bond motifs is 2. The molecule has 14 atom stereocenters. The van der Waals surface area contributed by atoms with Gasteiger partial charge in [0.25, 0.3) is 0 Å². The van der Waals surface area contributed by atoms with Crippen molar-refractivity contribution < 1.29 is 52.7 Å². The number of carbonyl (C=O) groups excluding carboxylic acids is 4. The first-order valence-electron chi connectivity index (χ1n) is 23.9. The number of aromatic nitrogens is 3. The Morgan fingerprint density at radius 2 is 1.78 bits per heavy atom. The standard InChI is InChI=1S/C51H73N5O11/c1-12-23-54(10)38-27-32(4)63-48(42(38)59)66-45-34(6)43(65-40(57)28-36-18-16-21-52-30-36)35(7)47(60)64-39(13-2)51(9)44(33(5)41(58)31(3)29-50(45,8)62-11)56(49(61)67-51)25-15-14-24-55-26-20-37-19-17-22-53-46(37)55/h12,16-22,26,30-35,38-39,42-45,48,59H,1,13-15,23-25,27-29H2,2-11H3/t31-,32+,33+,34+,35-,38-,39-,42+,43+,44-,45-,48-,50-,51-/m1/s1. The lowest BCUT2D eigenvalue weighted by Crippen LogP contribution is -2.61. The maximum Gasteiger partial charge on any atom is 0.410 e. The number of esters is 2. The van der Waals surface area contributed by atoms with E-state index in [9.17, 15) is 19.5 Å². The third-order valence-corrected chi connectivity index (χ3v) is 14.6. The van der Waals surface area contributed by atoms with Crippen molar-refractivity contribution in [2.45, 2.75) is 161 Å². The van der Waals surface area contributed by atoms with E-state index in [0.717, 1.165) is 11.0 Å². The van der Waals surface area contributed by atoms with Crippen molar-refractivity contribution >= 4 is 34.8 Å². The first-order valence-corrected chi connectivity index (χ1v) is 23.9. The van der Waals surface area contributed by atoms with E-state index in [1.165, 1.54) is 7.11 Å². The molecule has 3 aromatic rings. The molecule has 0 radical (unpaired) electrons. The molecule has 1 N–H and O–H groups in total. The second-order valence-electron chi connectivity index (χ2n) is 19.5. The van der Waals surface area contributed by atoms with Crippen LogP contribution in [0.3, 0.4) is 0 Å². The lowest BCUT2D eigenvalue weighted by atomic mass is 9.73. The highest BCUT2D eigenvalue weighted by Gasteiger charge is 2.60.